The number of hydrogen-bond donors (Lipinski definition) is 3. The molecule has 0 aromatic rings. The van der Waals surface area contributed by atoms with Crippen molar-refractivity contribution in [3.63, 3.8) is 0 Å². The van der Waals surface area contributed by atoms with Gasteiger partial charge in [-0.1, -0.05) is 326 Å². The molecule has 2 unspecified atom stereocenters. The van der Waals surface area contributed by atoms with Crippen LogP contribution in [0, 0.1) is 0 Å². The van der Waals surface area contributed by atoms with Crippen molar-refractivity contribution in [2.24, 2.45) is 0 Å². The highest BCUT2D eigenvalue weighted by molar-refractivity contribution is 5.76. The quantitative estimate of drug-likeness (QED) is 0.0420. The third-order valence-electron chi connectivity index (χ3n) is 15.0. The fourth-order valence-electron chi connectivity index (χ4n) is 10.1. The van der Waals surface area contributed by atoms with Crippen LogP contribution in [0.2, 0.25) is 0 Å². The Hall–Kier alpha value is -1.65. The van der Waals surface area contributed by atoms with E-state index in [0.29, 0.717) is 6.42 Å². The molecule has 0 aliphatic heterocycles. The van der Waals surface area contributed by atoms with E-state index in [-0.39, 0.29) is 12.5 Å². The van der Waals surface area contributed by atoms with Gasteiger partial charge in [-0.25, -0.2) is 0 Å². The van der Waals surface area contributed by atoms with Crippen LogP contribution in [-0.4, -0.2) is 34.9 Å². The predicted octanol–water partition coefficient (Wildman–Crippen LogP) is 21.8. The van der Waals surface area contributed by atoms with Crippen LogP contribution in [0.5, 0.6) is 0 Å². The first kappa shape index (κ1) is 69.3. The minimum absolute atomic E-state index is 0.0724. The van der Waals surface area contributed by atoms with E-state index >= 15 is 0 Å². The van der Waals surface area contributed by atoms with Crippen LogP contribution >= 0.6 is 0 Å². The minimum atomic E-state index is -0.871. The topological polar surface area (TPSA) is 69.6 Å². The van der Waals surface area contributed by atoms with E-state index in [9.17, 15) is 15.0 Å². The second-order valence-corrected chi connectivity index (χ2v) is 22.2. The highest BCUT2D eigenvalue weighted by Crippen LogP contribution is 2.18. The van der Waals surface area contributed by atoms with Gasteiger partial charge in [-0.2, -0.15) is 0 Å². The van der Waals surface area contributed by atoms with E-state index in [4.69, 9.17) is 0 Å². The molecule has 0 saturated carbocycles. The maximum absolute atomic E-state index is 12.5. The van der Waals surface area contributed by atoms with E-state index in [1.54, 1.807) is 6.08 Å². The SMILES string of the molecule is CCCCCCCCCCCCCCCC/C=C\CCCCCCCCCCCCCCCCCCCC(=O)NC(CO)C(O)/C=C/CC/C=C/CC/C=C/CCCCCCCCCCCCCCCC. The number of amides is 1. The first-order valence-corrected chi connectivity index (χ1v) is 32.4. The zero-order valence-electron chi connectivity index (χ0n) is 48.3. The third-order valence-corrected chi connectivity index (χ3v) is 15.0. The van der Waals surface area contributed by atoms with Crippen molar-refractivity contribution in [3.8, 4) is 0 Å². The Kier molecular flexibility index (Phi) is 61.2. The molecule has 0 radical (unpaired) electrons. The van der Waals surface area contributed by atoms with Crippen molar-refractivity contribution in [3.05, 3.63) is 48.6 Å². The van der Waals surface area contributed by atoms with Gasteiger partial charge in [0, 0.05) is 6.42 Å². The smallest absolute Gasteiger partial charge is 0.220 e. The number of hydrogen-bond acceptors (Lipinski definition) is 3. The molecular weight excluding hydrogens is 867 g/mol. The van der Waals surface area contributed by atoms with Gasteiger partial charge >= 0.3 is 0 Å². The molecule has 0 aromatic heterocycles. The first-order chi connectivity index (χ1) is 35.2. The van der Waals surface area contributed by atoms with Gasteiger partial charge in [0.1, 0.15) is 0 Å². The van der Waals surface area contributed by atoms with Gasteiger partial charge in [0.25, 0.3) is 0 Å². The molecule has 0 rings (SSSR count). The molecule has 0 spiro atoms. The second kappa shape index (κ2) is 62.6. The molecule has 4 heteroatoms. The van der Waals surface area contributed by atoms with Gasteiger partial charge in [-0.15, -0.1) is 0 Å². The molecule has 0 aliphatic carbocycles. The Morgan fingerprint density at radius 1 is 0.324 bits per heavy atom. The fraction of sp³-hybridized carbons (Fsp3) is 0.866. The number of carbonyl (C=O) groups is 1. The molecule has 0 fully saturated rings. The summed E-state index contributed by atoms with van der Waals surface area (Å²) < 4.78 is 0. The Labute approximate surface area is 445 Å². The lowest BCUT2D eigenvalue weighted by molar-refractivity contribution is -0.123. The maximum atomic E-state index is 12.5. The first-order valence-electron chi connectivity index (χ1n) is 32.4. The number of allylic oxidation sites excluding steroid dienone is 7. The molecular formula is C67H127NO3. The molecule has 0 aliphatic rings. The molecule has 0 saturated heterocycles. The number of carbonyl (C=O) groups excluding carboxylic acids is 1. The predicted molar refractivity (Wildman–Crippen MR) is 318 cm³/mol. The summed E-state index contributed by atoms with van der Waals surface area (Å²) in [7, 11) is 0. The summed E-state index contributed by atoms with van der Waals surface area (Å²) in [5.74, 6) is -0.0724. The third kappa shape index (κ3) is 59.1. The van der Waals surface area contributed by atoms with E-state index in [2.05, 4.69) is 55.6 Å². The van der Waals surface area contributed by atoms with Gasteiger partial charge in [0.05, 0.1) is 18.8 Å². The lowest BCUT2D eigenvalue weighted by Crippen LogP contribution is -2.45. The Morgan fingerprint density at radius 2 is 0.549 bits per heavy atom. The van der Waals surface area contributed by atoms with Crippen LogP contribution in [0.3, 0.4) is 0 Å². The monoisotopic (exact) mass is 994 g/mol. The van der Waals surface area contributed by atoms with Crippen LogP contribution in [0.4, 0.5) is 0 Å². The fourth-order valence-corrected chi connectivity index (χ4v) is 10.1. The number of nitrogens with one attached hydrogen (secondary N) is 1. The highest BCUT2D eigenvalue weighted by atomic mass is 16.3. The van der Waals surface area contributed by atoms with Gasteiger partial charge in [0.2, 0.25) is 5.91 Å². The molecule has 1 amide bonds. The summed E-state index contributed by atoms with van der Waals surface area (Å²) in [5, 5.41) is 23.2. The lowest BCUT2D eigenvalue weighted by Gasteiger charge is -2.19. The summed E-state index contributed by atoms with van der Waals surface area (Å²) >= 11 is 0. The van der Waals surface area contributed by atoms with Crippen LogP contribution in [-0.2, 0) is 4.79 Å². The van der Waals surface area contributed by atoms with Crippen molar-refractivity contribution in [2.75, 3.05) is 6.61 Å². The Bertz CT molecular complexity index is 1130. The van der Waals surface area contributed by atoms with Gasteiger partial charge < -0.3 is 15.5 Å². The van der Waals surface area contributed by atoms with Crippen LogP contribution < -0.4 is 5.32 Å². The number of aliphatic hydroxyl groups excluding tert-OH is 2. The van der Waals surface area contributed by atoms with E-state index in [1.165, 1.54) is 295 Å². The Balaban J connectivity index is 3.48. The molecule has 418 valence electrons. The lowest BCUT2D eigenvalue weighted by atomic mass is 10.0. The summed E-state index contributed by atoms with van der Waals surface area (Å²) in [6, 6.07) is -0.647. The molecule has 2 atom stereocenters. The average Bonchev–Trinajstić information content (AvgIpc) is 3.37. The highest BCUT2D eigenvalue weighted by Gasteiger charge is 2.18. The maximum Gasteiger partial charge on any atom is 0.220 e. The average molecular weight is 995 g/mol. The van der Waals surface area contributed by atoms with E-state index < -0.39 is 12.1 Å². The normalized spacial score (nSPS) is 13.0. The zero-order chi connectivity index (χ0) is 51.3. The van der Waals surface area contributed by atoms with Crippen molar-refractivity contribution >= 4 is 5.91 Å². The summed E-state index contributed by atoms with van der Waals surface area (Å²) in [6.07, 6.45) is 87.5. The van der Waals surface area contributed by atoms with Crippen molar-refractivity contribution in [1.82, 2.24) is 5.32 Å². The molecule has 0 heterocycles. The summed E-state index contributed by atoms with van der Waals surface area (Å²) in [6.45, 7) is 4.33. The van der Waals surface area contributed by atoms with E-state index in [0.717, 1.165) is 38.5 Å². The van der Waals surface area contributed by atoms with Crippen molar-refractivity contribution in [1.29, 1.82) is 0 Å². The molecule has 0 aromatic carbocycles. The van der Waals surface area contributed by atoms with Crippen LogP contribution in [0.25, 0.3) is 0 Å². The largest absolute Gasteiger partial charge is 0.394 e. The van der Waals surface area contributed by atoms with E-state index in [1.807, 2.05) is 6.08 Å². The molecule has 4 nitrogen and oxygen atoms in total. The second-order valence-electron chi connectivity index (χ2n) is 22.2. The van der Waals surface area contributed by atoms with Gasteiger partial charge in [-0.3, -0.25) is 4.79 Å². The summed E-state index contributed by atoms with van der Waals surface area (Å²) in [4.78, 5) is 12.5. The van der Waals surface area contributed by atoms with Crippen LogP contribution in [0.15, 0.2) is 48.6 Å². The summed E-state index contributed by atoms with van der Waals surface area (Å²) in [5.41, 5.74) is 0. The molecule has 71 heavy (non-hydrogen) atoms. The molecule has 0 bridgehead atoms. The van der Waals surface area contributed by atoms with Crippen LogP contribution in [0.1, 0.15) is 354 Å². The number of unbranched alkanes of at least 4 members (excludes halogenated alkanes) is 47. The standard InChI is InChI=1S/C67H127NO3/c1-3-5-7-9-11-13-15-17-19-21-23-25-27-29-30-31-32-33-34-35-36-37-38-39-41-43-45-47-49-51-53-55-57-59-61-63-67(71)68-65(64-69)66(70)62-60-58-56-54-52-50-48-46-44-42-40-28-26-24-22-20-18-16-14-12-10-8-6-4-2/h31-32,44,46,52,54,60,62,65-66,69-70H,3-30,33-43,45,47-51,53,55-59,61,63-64H2,1-2H3,(H,68,71)/b32-31-,46-44+,54-52+,62-60+. The van der Waals surface area contributed by atoms with Crippen molar-refractivity contribution < 1.29 is 15.0 Å². The van der Waals surface area contributed by atoms with Gasteiger partial charge in [-0.05, 0) is 70.6 Å². The number of rotatable bonds is 60. The van der Waals surface area contributed by atoms with Crippen molar-refractivity contribution in [2.45, 2.75) is 366 Å². The number of aliphatic hydroxyl groups is 2. The Morgan fingerprint density at radius 3 is 0.817 bits per heavy atom. The minimum Gasteiger partial charge on any atom is -0.394 e. The zero-order valence-corrected chi connectivity index (χ0v) is 48.3. The molecule has 3 N–H and O–H groups in total. The van der Waals surface area contributed by atoms with Gasteiger partial charge in [0.15, 0.2) is 0 Å².